The van der Waals surface area contributed by atoms with Gasteiger partial charge < -0.3 is 20.1 Å². The number of anilines is 1. The van der Waals surface area contributed by atoms with Gasteiger partial charge in [-0.2, -0.15) is 0 Å². The average Bonchev–Trinajstić information content (AvgIpc) is 2.80. The summed E-state index contributed by atoms with van der Waals surface area (Å²) in [5.74, 6) is -0.878. The largest absolute Gasteiger partial charge is 0.480 e. The highest BCUT2D eigenvalue weighted by Crippen LogP contribution is 2.17. The number of carboxylic acids is 1. The molecule has 0 radical (unpaired) electrons. The van der Waals surface area contributed by atoms with Gasteiger partial charge >= 0.3 is 11.8 Å². The van der Waals surface area contributed by atoms with E-state index in [2.05, 4.69) is 10.1 Å². The third-order valence-electron chi connectivity index (χ3n) is 2.66. The molecule has 9 heteroatoms. The summed E-state index contributed by atoms with van der Waals surface area (Å²) in [6.45, 7) is 2.19. The minimum absolute atomic E-state index is 0.213. The summed E-state index contributed by atoms with van der Waals surface area (Å²) >= 11 is 0. The van der Waals surface area contributed by atoms with E-state index in [9.17, 15) is 14.9 Å². The van der Waals surface area contributed by atoms with Gasteiger partial charge in [0.05, 0.1) is 0 Å². The lowest BCUT2D eigenvalue weighted by atomic mass is 10.3. The molecule has 0 fully saturated rings. The predicted octanol–water partition coefficient (Wildman–Crippen LogP) is 0.938. The van der Waals surface area contributed by atoms with Crippen molar-refractivity contribution in [3.63, 3.8) is 0 Å². The molecule has 0 amide bonds. The van der Waals surface area contributed by atoms with Crippen LogP contribution in [-0.4, -0.2) is 43.7 Å². The van der Waals surface area contributed by atoms with Crippen molar-refractivity contribution in [3.8, 4) is 0 Å². The number of carbonyl (C=O) groups is 1. The first-order valence-electron chi connectivity index (χ1n) is 5.99. The van der Waals surface area contributed by atoms with Crippen LogP contribution in [0, 0.1) is 10.1 Å². The van der Waals surface area contributed by atoms with Crippen LogP contribution in [-0.2, 0) is 4.79 Å². The second kappa shape index (κ2) is 5.51. The number of imidazole rings is 1. The van der Waals surface area contributed by atoms with Crippen LogP contribution in [0.1, 0.15) is 13.3 Å². The zero-order chi connectivity index (χ0) is 14.7. The number of carboxylic acid groups (broad SMARTS) is 1. The van der Waals surface area contributed by atoms with Crippen molar-refractivity contribution in [1.82, 2.24) is 14.6 Å². The first kappa shape index (κ1) is 13.7. The van der Waals surface area contributed by atoms with Crippen LogP contribution in [0.5, 0.6) is 0 Å². The summed E-state index contributed by atoms with van der Waals surface area (Å²) < 4.78 is 1.10. The summed E-state index contributed by atoms with van der Waals surface area (Å²) in [4.78, 5) is 26.5. The average molecular weight is 279 g/mol. The number of aliphatic carboxylic acids is 1. The fraction of sp³-hybridized carbons (Fsp3) is 0.364. The fourth-order valence-electron chi connectivity index (χ4n) is 1.85. The maximum absolute atomic E-state index is 10.9. The van der Waals surface area contributed by atoms with Gasteiger partial charge in [-0.25, -0.2) is 4.98 Å². The number of rotatable bonds is 6. The van der Waals surface area contributed by atoms with Gasteiger partial charge in [0.25, 0.3) is 0 Å². The van der Waals surface area contributed by atoms with Crippen LogP contribution < -0.4 is 4.90 Å². The molecular formula is C11H13N5O4. The zero-order valence-corrected chi connectivity index (χ0v) is 10.8. The molecule has 0 aliphatic carbocycles. The number of hydrogen-bond acceptors (Lipinski definition) is 6. The van der Waals surface area contributed by atoms with E-state index in [0.29, 0.717) is 18.0 Å². The molecule has 106 valence electrons. The highest BCUT2D eigenvalue weighted by molar-refractivity contribution is 5.73. The Labute approximate surface area is 113 Å². The van der Waals surface area contributed by atoms with Crippen LogP contribution in [0.15, 0.2) is 18.3 Å². The molecule has 2 heterocycles. The lowest BCUT2D eigenvalue weighted by molar-refractivity contribution is -0.391. The monoisotopic (exact) mass is 279 g/mol. The molecule has 9 nitrogen and oxygen atoms in total. The van der Waals surface area contributed by atoms with Crippen LogP contribution in [0.25, 0.3) is 5.65 Å². The second-order valence-corrected chi connectivity index (χ2v) is 4.15. The van der Waals surface area contributed by atoms with E-state index >= 15 is 0 Å². The topological polar surface area (TPSA) is 114 Å². The molecule has 0 aromatic carbocycles. The van der Waals surface area contributed by atoms with Crippen LogP contribution in [0.2, 0.25) is 0 Å². The van der Waals surface area contributed by atoms with Gasteiger partial charge in [-0.05, 0) is 17.4 Å². The van der Waals surface area contributed by atoms with E-state index < -0.39 is 10.9 Å². The highest BCUT2D eigenvalue weighted by Gasteiger charge is 2.19. The second-order valence-electron chi connectivity index (χ2n) is 4.15. The number of nitro groups is 1. The van der Waals surface area contributed by atoms with Crippen molar-refractivity contribution >= 4 is 23.3 Å². The minimum atomic E-state index is -0.986. The Hall–Kier alpha value is -2.71. The Morgan fingerprint density at radius 3 is 2.90 bits per heavy atom. The highest BCUT2D eigenvalue weighted by atomic mass is 16.6. The molecular weight excluding hydrogens is 266 g/mol. The van der Waals surface area contributed by atoms with Crippen molar-refractivity contribution in [2.45, 2.75) is 13.3 Å². The molecule has 0 aliphatic heterocycles. The molecule has 0 spiro atoms. The SMILES string of the molecule is CCCN(CC(=O)O)c1ccc2ncc([N+](=O)[O-])n2n1. The van der Waals surface area contributed by atoms with E-state index in [4.69, 9.17) is 5.11 Å². The lowest BCUT2D eigenvalue weighted by Crippen LogP contribution is -2.31. The van der Waals surface area contributed by atoms with Crippen LogP contribution >= 0.6 is 0 Å². The quantitative estimate of drug-likeness (QED) is 0.618. The summed E-state index contributed by atoms with van der Waals surface area (Å²) in [5.41, 5.74) is 0.340. The first-order chi connectivity index (χ1) is 9.52. The summed E-state index contributed by atoms with van der Waals surface area (Å²) in [6.07, 6.45) is 1.85. The third-order valence-corrected chi connectivity index (χ3v) is 2.66. The molecule has 2 aromatic rings. The van der Waals surface area contributed by atoms with Crippen molar-refractivity contribution in [1.29, 1.82) is 0 Å². The Morgan fingerprint density at radius 2 is 2.30 bits per heavy atom. The van der Waals surface area contributed by atoms with Gasteiger partial charge in [0, 0.05) is 12.6 Å². The lowest BCUT2D eigenvalue weighted by Gasteiger charge is -2.19. The van der Waals surface area contributed by atoms with Gasteiger partial charge in [-0.3, -0.25) is 4.79 Å². The van der Waals surface area contributed by atoms with Gasteiger partial charge in [-0.15, -0.1) is 0 Å². The Balaban J connectivity index is 2.44. The number of aromatic nitrogens is 3. The third kappa shape index (κ3) is 2.66. The first-order valence-corrected chi connectivity index (χ1v) is 5.99. The van der Waals surface area contributed by atoms with Gasteiger partial charge in [0.15, 0.2) is 5.82 Å². The Bertz CT molecular complexity index is 653. The minimum Gasteiger partial charge on any atom is -0.480 e. The smallest absolute Gasteiger partial charge is 0.368 e. The van der Waals surface area contributed by atoms with Crippen molar-refractivity contribution in [2.24, 2.45) is 0 Å². The van der Waals surface area contributed by atoms with Gasteiger partial charge in [-0.1, -0.05) is 16.5 Å². The number of nitrogens with zero attached hydrogens (tertiary/aromatic N) is 5. The van der Waals surface area contributed by atoms with E-state index in [0.717, 1.165) is 17.1 Å². The molecule has 0 saturated carbocycles. The number of fused-ring (bicyclic) bond motifs is 1. The predicted molar refractivity (Wildman–Crippen MR) is 69.8 cm³/mol. The van der Waals surface area contributed by atoms with Gasteiger partial charge in [0.1, 0.15) is 12.7 Å². The van der Waals surface area contributed by atoms with E-state index in [-0.39, 0.29) is 12.4 Å². The molecule has 2 rings (SSSR count). The molecule has 0 unspecified atom stereocenters. The van der Waals surface area contributed by atoms with E-state index in [1.807, 2.05) is 6.92 Å². The molecule has 0 atom stereocenters. The molecule has 0 saturated heterocycles. The normalized spacial score (nSPS) is 10.7. The molecule has 2 aromatic heterocycles. The zero-order valence-electron chi connectivity index (χ0n) is 10.8. The van der Waals surface area contributed by atoms with Crippen molar-refractivity contribution in [3.05, 3.63) is 28.4 Å². The Kier molecular flexibility index (Phi) is 3.78. The van der Waals surface area contributed by atoms with Crippen LogP contribution in [0.3, 0.4) is 0 Å². The number of hydrogen-bond donors (Lipinski definition) is 1. The molecule has 1 N–H and O–H groups in total. The maximum atomic E-state index is 10.9. The van der Waals surface area contributed by atoms with Crippen molar-refractivity contribution < 1.29 is 14.8 Å². The summed E-state index contributed by atoms with van der Waals surface area (Å²) in [5, 5.41) is 23.9. The van der Waals surface area contributed by atoms with Crippen LogP contribution in [0.4, 0.5) is 11.6 Å². The van der Waals surface area contributed by atoms with E-state index in [1.165, 1.54) is 0 Å². The molecule has 0 bridgehead atoms. The Morgan fingerprint density at radius 1 is 1.55 bits per heavy atom. The fourth-order valence-corrected chi connectivity index (χ4v) is 1.85. The summed E-state index contributed by atoms with van der Waals surface area (Å²) in [7, 11) is 0. The maximum Gasteiger partial charge on any atom is 0.368 e. The molecule has 0 aliphatic rings. The standard InChI is InChI=1S/C11H13N5O4/c1-2-5-14(7-11(17)18)9-4-3-8-12-6-10(16(19)20)15(8)13-9/h3-4,6H,2,5,7H2,1H3,(H,17,18). The van der Waals surface area contributed by atoms with Gasteiger partial charge in [0.2, 0.25) is 5.65 Å². The molecule has 20 heavy (non-hydrogen) atoms. The summed E-state index contributed by atoms with van der Waals surface area (Å²) in [6, 6.07) is 3.17. The van der Waals surface area contributed by atoms with E-state index in [1.54, 1.807) is 17.0 Å². The van der Waals surface area contributed by atoms with Crippen molar-refractivity contribution in [2.75, 3.05) is 18.0 Å².